The quantitative estimate of drug-likeness (QED) is 0.770. The lowest BCUT2D eigenvalue weighted by Gasteiger charge is -2.22. The molecular formula is C13H21NO. The van der Waals surface area contributed by atoms with Gasteiger partial charge in [-0.1, -0.05) is 6.07 Å². The number of nitrogens with one attached hydrogen (secondary N) is 1. The Morgan fingerprint density at radius 3 is 1.87 bits per heavy atom. The van der Waals surface area contributed by atoms with Crippen molar-refractivity contribution in [1.29, 1.82) is 0 Å². The van der Waals surface area contributed by atoms with E-state index in [0.29, 0.717) is 0 Å². The van der Waals surface area contributed by atoms with Crippen molar-refractivity contribution >= 4 is 0 Å². The van der Waals surface area contributed by atoms with E-state index in [-0.39, 0.29) is 6.23 Å². The van der Waals surface area contributed by atoms with Crippen LogP contribution in [0.1, 0.15) is 34.0 Å². The van der Waals surface area contributed by atoms with E-state index < -0.39 is 0 Å². The van der Waals surface area contributed by atoms with Crippen LogP contribution in [0.25, 0.3) is 0 Å². The summed E-state index contributed by atoms with van der Waals surface area (Å²) < 4.78 is 5.45. The van der Waals surface area contributed by atoms with Crippen molar-refractivity contribution in [3.8, 4) is 0 Å². The number of methoxy groups -OCH3 is 1. The fourth-order valence-corrected chi connectivity index (χ4v) is 2.02. The number of benzene rings is 1. The van der Waals surface area contributed by atoms with E-state index in [0.717, 1.165) is 0 Å². The summed E-state index contributed by atoms with van der Waals surface area (Å²) in [5, 5.41) is 3.18. The van der Waals surface area contributed by atoms with Gasteiger partial charge in [0.15, 0.2) is 0 Å². The minimum Gasteiger partial charge on any atom is -0.362 e. The van der Waals surface area contributed by atoms with E-state index in [2.05, 4.69) is 39.1 Å². The highest BCUT2D eigenvalue weighted by Gasteiger charge is 2.16. The van der Waals surface area contributed by atoms with Gasteiger partial charge in [-0.15, -0.1) is 0 Å². The third-order valence-electron chi connectivity index (χ3n) is 3.18. The van der Waals surface area contributed by atoms with E-state index in [9.17, 15) is 0 Å². The molecule has 0 saturated carbocycles. The minimum atomic E-state index is -0.0106. The van der Waals surface area contributed by atoms with Gasteiger partial charge in [0.05, 0.1) is 0 Å². The molecule has 0 radical (unpaired) electrons. The second kappa shape index (κ2) is 4.77. The maximum atomic E-state index is 5.45. The summed E-state index contributed by atoms with van der Waals surface area (Å²) >= 11 is 0. The zero-order chi connectivity index (χ0) is 11.6. The van der Waals surface area contributed by atoms with Crippen LogP contribution in [0.4, 0.5) is 0 Å². The summed E-state index contributed by atoms with van der Waals surface area (Å²) in [6.07, 6.45) is -0.0106. The first kappa shape index (κ1) is 12.2. The van der Waals surface area contributed by atoms with E-state index in [1.54, 1.807) is 7.11 Å². The van der Waals surface area contributed by atoms with Crippen LogP contribution in [0.3, 0.4) is 0 Å². The molecule has 2 heteroatoms. The molecule has 0 aliphatic heterocycles. The number of hydrogen-bond donors (Lipinski definition) is 1. The molecule has 15 heavy (non-hydrogen) atoms. The lowest BCUT2D eigenvalue weighted by molar-refractivity contribution is 0.0797. The van der Waals surface area contributed by atoms with Crippen molar-refractivity contribution in [1.82, 2.24) is 5.32 Å². The van der Waals surface area contributed by atoms with Gasteiger partial charge in [-0.25, -0.2) is 0 Å². The summed E-state index contributed by atoms with van der Waals surface area (Å²) in [4.78, 5) is 0. The molecule has 0 aliphatic carbocycles. The summed E-state index contributed by atoms with van der Waals surface area (Å²) in [5.74, 6) is 0. The molecule has 0 bridgehead atoms. The molecule has 1 atom stereocenters. The van der Waals surface area contributed by atoms with Gasteiger partial charge >= 0.3 is 0 Å². The number of aryl methyl sites for hydroxylation is 2. The molecule has 0 aliphatic rings. The standard InChI is InChI=1S/C13H21NO/c1-8-7-9(2)11(4)12(10(8)3)13(14-5)15-6/h7,13-14H,1-6H3. The van der Waals surface area contributed by atoms with Crippen molar-refractivity contribution < 1.29 is 4.74 Å². The van der Waals surface area contributed by atoms with Gasteiger partial charge in [0.2, 0.25) is 0 Å². The van der Waals surface area contributed by atoms with Crippen molar-refractivity contribution in [3.63, 3.8) is 0 Å². The molecule has 0 spiro atoms. The second-order valence-electron chi connectivity index (χ2n) is 4.08. The van der Waals surface area contributed by atoms with Crippen LogP contribution in [0.15, 0.2) is 6.07 Å². The topological polar surface area (TPSA) is 21.3 Å². The van der Waals surface area contributed by atoms with Crippen molar-refractivity contribution in [3.05, 3.63) is 33.9 Å². The molecule has 0 saturated heterocycles. The first-order valence-corrected chi connectivity index (χ1v) is 5.30. The van der Waals surface area contributed by atoms with Crippen LogP contribution in [0.5, 0.6) is 0 Å². The molecule has 0 amide bonds. The van der Waals surface area contributed by atoms with Crippen LogP contribution in [-0.2, 0) is 4.74 Å². The van der Waals surface area contributed by atoms with Crippen LogP contribution in [-0.4, -0.2) is 14.2 Å². The molecule has 1 aromatic carbocycles. The Morgan fingerprint density at radius 1 is 1.07 bits per heavy atom. The minimum absolute atomic E-state index is 0.0106. The number of hydrogen-bond acceptors (Lipinski definition) is 2. The van der Waals surface area contributed by atoms with Crippen molar-refractivity contribution in [2.24, 2.45) is 0 Å². The predicted molar refractivity (Wildman–Crippen MR) is 64.2 cm³/mol. The summed E-state index contributed by atoms with van der Waals surface area (Å²) in [5.41, 5.74) is 6.56. The first-order valence-electron chi connectivity index (χ1n) is 5.30. The predicted octanol–water partition coefficient (Wildman–Crippen LogP) is 2.78. The summed E-state index contributed by atoms with van der Waals surface area (Å²) in [7, 11) is 3.66. The van der Waals surface area contributed by atoms with Gasteiger partial charge < -0.3 is 4.74 Å². The monoisotopic (exact) mass is 207 g/mol. The third kappa shape index (κ3) is 2.21. The zero-order valence-electron chi connectivity index (χ0n) is 10.6. The maximum Gasteiger partial charge on any atom is 0.134 e. The molecule has 0 aromatic heterocycles. The van der Waals surface area contributed by atoms with Crippen LogP contribution in [0.2, 0.25) is 0 Å². The first-order chi connectivity index (χ1) is 7.02. The highest BCUT2D eigenvalue weighted by molar-refractivity contribution is 5.45. The molecule has 0 heterocycles. The molecule has 0 fully saturated rings. The maximum absolute atomic E-state index is 5.45. The van der Waals surface area contributed by atoms with Gasteiger partial charge in [0, 0.05) is 12.7 Å². The molecule has 2 nitrogen and oxygen atoms in total. The molecule has 1 aromatic rings. The number of rotatable bonds is 3. The lowest BCUT2D eigenvalue weighted by atomic mass is 9.93. The second-order valence-corrected chi connectivity index (χ2v) is 4.08. The Hall–Kier alpha value is -0.860. The lowest BCUT2D eigenvalue weighted by Crippen LogP contribution is -2.21. The van der Waals surface area contributed by atoms with E-state index in [1.807, 2.05) is 7.05 Å². The average Bonchev–Trinajstić information content (AvgIpc) is 2.21. The Balaban J connectivity index is 3.37. The number of ether oxygens (including phenoxy) is 1. The highest BCUT2D eigenvalue weighted by Crippen LogP contribution is 2.27. The average molecular weight is 207 g/mol. The van der Waals surface area contributed by atoms with Crippen LogP contribution in [0, 0.1) is 27.7 Å². The Bertz CT molecular complexity index is 328. The molecule has 1 rings (SSSR count). The highest BCUT2D eigenvalue weighted by atomic mass is 16.5. The van der Waals surface area contributed by atoms with Gasteiger partial charge in [0.25, 0.3) is 0 Å². The Morgan fingerprint density at radius 2 is 1.53 bits per heavy atom. The van der Waals surface area contributed by atoms with Crippen molar-refractivity contribution in [2.75, 3.05) is 14.2 Å². The van der Waals surface area contributed by atoms with E-state index in [4.69, 9.17) is 4.74 Å². The summed E-state index contributed by atoms with van der Waals surface area (Å²) in [6, 6.07) is 2.23. The Labute approximate surface area is 92.6 Å². The van der Waals surface area contributed by atoms with Gasteiger partial charge in [-0.05, 0) is 57.0 Å². The smallest absolute Gasteiger partial charge is 0.134 e. The molecule has 1 unspecified atom stereocenters. The largest absolute Gasteiger partial charge is 0.362 e. The fourth-order valence-electron chi connectivity index (χ4n) is 2.02. The van der Waals surface area contributed by atoms with Crippen LogP contribution < -0.4 is 5.32 Å². The van der Waals surface area contributed by atoms with Crippen LogP contribution >= 0.6 is 0 Å². The van der Waals surface area contributed by atoms with Gasteiger partial charge in [0.1, 0.15) is 6.23 Å². The molecule has 84 valence electrons. The fraction of sp³-hybridized carbons (Fsp3) is 0.538. The zero-order valence-corrected chi connectivity index (χ0v) is 10.6. The van der Waals surface area contributed by atoms with E-state index in [1.165, 1.54) is 27.8 Å². The van der Waals surface area contributed by atoms with Gasteiger partial charge in [-0.3, -0.25) is 5.32 Å². The SMILES string of the molecule is CNC(OC)c1c(C)c(C)cc(C)c1C. The Kier molecular flexibility index (Phi) is 3.89. The van der Waals surface area contributed by atoms with Gasteiger partial charge in [-0.2, -0.15) is 0 Å². The normalized spacial score (nSPS) is 12.9. The molecule has 1 N–H and O–H groups in total. The summed E-state index contributed by atoms with van der Waals surface area (Å²) in [6.45, 7) is 8.60. The molecular weight excluding hydrogens is 186 g/mol. The van der Waals surface area contributed by atoms with E-state index >= 15 is 0 Å². The van der Waals surface area contributed by atoms with Crippen molar-refractivity contribution in [2.45, 2.75) is 33.9 Å². The third-order valence-corrected chi connectivity index (χ3v) is 3.18.